The smallest absolute Gasteiger partial charge is 0.157 e. The molecule has 0 aliphatic carbocycles. The van der Waals surface area contributed by atoms with E-state index in [0.29, 0.717) is 5.82 Å². The Hall–Kier alpha value is -1.07. The van der Waals surface area contributed by atoms with Gasteiger partial charge in [0.15, 0.2) is 11.0 Å². The van der Waals surface area contributed by atoms with E-state index in [1.165, 1.54) is 6.33 Å². The number of anilines is 2. The number of halogens is 1. The van der Waals surface area contributed by atoms with Crippen molar-refractivity contribution in [3.05, 3.63) is 11.5 Å². The number of hydrogen-bond acceptors (Lipinski definition) is 5. The zero-order chi connectivity index (χ0) is 12.6. The Labute approximate surface area is 100 Å². The largest absolute Gasteiger partial charge is 0.393 e. The number of nitrogen functional groups attached to an aromatic ring is 1. The zero-order valence-corrected chi connectivity index (χ0v) is 10.6. The third kappa shape index (κ3) is 2.54. The van der Waals surface area contributed by atoms with Crippen LogP contribution in [-0.4, -0.2) is 26.2 Å². The summed E-state index contributed by atoms with van der Waals surface area (Å²) in [5.74, 6) is 0.423. The quantitative estimate of drug-likeness (QED) is 0.705. The summed E-state index contributed by atoms with van der Waals surface area (Å²) >= 11 is 5.78. The van der Waals surface area contributed by atoms with E-state index >= 15 is 0 Å². The first-order valence-corrected chi connectivity index (χ1v) is 5.29. The lowest BCUT2D eigenvalue weighted by molar-refractivity contribution is 0.0239. The molecular formula is C10H17ClN4O. The number of aliphatic hydroxyl groups is 1. The van der Waals surface area contributed by atoms with Gasteiger partial charge in [-0.2, -0.15) is 0 Å². The molecule has 0 saturated carbocycles. The van der Waals surface area contributed by atoms with Crippen LogP contribution in [-0.2, 0) is 0 Å². The van der Waals surface area contributed by atoms with E-state index in [-0.39, 0.29) is 10.8 Å². The van der Waals surface area contributed by atoms with Crippen molar-refractivity contribution in [2.45, 2.75) is 38.8 Å². The normalized spacial score (nSPS) is 12.6. The molecule has 0 amide bonds. The molecule has 1 aromatic heterocycles. The van der Waals surface area contributed by atoms with Gasteiger partial charge in [0.25, 0.3) is 0 Å². The van der Waals surface area contributed by atoms with Crippen molar-refractivity contribution >= 4 is 23.1 Å². The first-order valence-electron chi connectivity index (χ1n) is 4.91. The van der Waals surface area contributed by atoms with E-state index in [0.717, 1.165) is 0 Å². The molecule has 1 aromatic rings. The van der Waals surface area contributed by atoms with Crippen molar-refractivity contribution in [1.82, 2.24) is 9.97 Å². The van der Waals surface area contributed by atoms with Crippen LogP contribution < -0.4 is 11.1 Å². The van der Waals surface area contributed by atoms with Gasteiger partial charge in [0, 0.05) is 0 Å². The van der Waals surface area contributed by atoms with Crippen molar-refractivity contribution in [2.75, 3.05) is 11.1 Å². The summed E-state index contributed by atoms with van der Waals surface area (Å²) < 4.78 is 0. The number of hydrogen-bond donors (Lipinski definition) is 3. The molecule has 1 heterocycles. The molecule has 1 rings (SSSR count). The molecule has 0 atom stereocenters. The maximum absolute atomic E-state index is 9.99. The Balaban J connectivity index is 3.02. The Kier molecular flexibility index (Phi) is 3.30. The minimum absolute atomic E-state index is 0.198. The van der Waals surface area contributed by atoms with Crippen LogP contribution in [0.25, 0.3) is 0 Å². The number of nitrogens with two attached hydrogens (primary N) is 1. The first-order chi connectivity index (χ1) is 7.15. The predicted molar refractivity (Wildman–Crippen MR) is 65.5 cm³/mol. The van der Waals surface area contributed by atoms with Crippen LogP contribution in [0.4, 0.5) is 11.5 Å². The molecule has 0 radical (unpaired) electrons. The summed E-state index contributed by atoms with van der Waals surface area (Å²) in [5.41, 5.74) is 4.48. The van der Waals surface area contributed by atoms with E-state index in [2.05, 4.69) is 15.3 Å². The van der Waals surface area contributed by atoms with Gasteiger partial charge < -0.3 is 16.2 Å². The second kappa shape index (κ2) is 4.07. The highest BCUT2D eigenvalue weighted by Crippen LogP contribution is 2.29. The van der Waals surface area contributed by atoms with Gasteiger partial charge in [0.05, 0.1) is 11.1 Å². The second-order valence-electron chi connectivity index (χ2n) is 4.74. The molecule has 90 valence electrons. The fourth-order valence-corrected chi connectivity index (χ4v) is 1.06. The summed E-state index contributed by atoms with van der Waals surface area (Å²) in [6.45, 7) is 7.11. The van der Waals surface area contributed by atoms with Crippen LogP contribution in [0.1, 0.15) is 27.7 Å². The molecule has 0 aromatic carbocycles. The van der Waals surface area contributed by atoms with E-state index in [1.807, 2.05) is 13.8 Å². The van der Waals surface area contributed by atoms with Crippen LogP contribution in [0, 0.1) is 0 Å². The molecule has 0 unspecified atom stereocenters. The number of nitrogens with zero attached hydrogens (tertiary/aromatic N) is 2. The molecule has 0 bridgehead atoms. The predicted octanol–water partition coefficient (Wildman–Crippen LogP) is 1.67. The lowest BCUT2D eigenvalue weighted by Crippen LogP contribution is -2.51. The summed E-state index contributed by atoms with van der Waals surface area (Å²) in [7, 11) is 0. The molecule has 0 aliphatic rings. The molecule has 6 heteroatoms. The molecule has 0 aliphatic heterocycles. The van der Waals surface area contributed by atoms with E-state index < -0.39 is 11.1 Å². The standard InChI is InChI=1S/C10H17ClN4O/c1-9(2,10(3,4)16)15-8-6(12)7(11)13-5-14-8/h5,16H,12H2,1-4H3,(H,13,14,15). The highest BCUT2D eigenvalue weighted by Gasteiger charge is 2.35. The van der Waals surface area contributed by atoms with Crippen LogP contribution in [0.15, 0.2) is 6.33 Å². The molecule has 16 heavy (non-hydrogen) atoms. The maximum atomic E-state index is 9.99. The third-order valence-corrected chi connectivity index (χ3v) is 3.10. The van der Waals surface area contributed by atoms with E-state index in [1.54, 1.807) is 13.8 Å². The van der Waals surface area contributed by atoms with Crippen molar-refractivity contribution in [2.24, 2.45) is 0 Å². The lowest BCUT2D eigenvalue weighted by atomic mass is 9.86. The van der Waals surface area contributed by atoms with Gasteiger partial charge in [-0.25, -0.2) is 9.97 Å². The van der Waals surface area contributed by atoms with Gasteiger partial charge in [-0.3, -0.25) is 0 Å². The third-order valence-electron chi connectivity index (χ3n) is 2.80. The lowest BCUT2D eigenvalue weighted by Gasteiger charge is -2.38. The van der Waals surface area contributed by atoms with Crippen molar-refractivity contribution in [3.63, 3.8) is 0 Å². The summed E-state index contributed by atoms with van der Waals surface area (Å²) in [6.07, 6.45) is 1.32. The SMILES string of the molecule is CC(C)(O)C(C)(C)Nc1ncnc(Cl)c1N. The van der Waals surface area contributed by atoms with Gasteiger partial charge in [-0.1, -0.05) is 11.6 Å². The van der Waals surface area contributed by atoms with Gasteiger partial charge in [0.2, 0.25) is 0 Å². The van der Waals surface area contributed by atoms with Crippen LogP contribution in [0.2, 0.25) is 5.15 Å². The van der Waals surface area contributed by atoms with Crippen molar-refractivity contribution < 1.29 is 5.11 Å². The highest BCUT2D eigenvalue weighted by molar-refractivity contribution is 6.32. The van der Waals surface area contributed by atoms with E-state index in [4.69, 9.17) is 17.3 Å². The minimum Gasteiger partial charge on any atom is -0.393 e. The van der Waals surface area contributed by atoms with Gasteiger partial charge in [-0.15, -0.1) is 0 Å². The molecular weight excluding hydrogens is 228 g/mol. The Bertz CT molecular complexity index is 387. The number of aromatic nitrogens is 2. The molecule has 0 fully saturated rings. The average molecular weight is 245 g/mol. The monoisotopic (exact) mass is 244 g/mol. The van der Waals surface area contributed by atoms with Crippen molar-refractivity contribution in [1.29, 1.82) is 0 Å². The summed E-state index contributed by atoms with van der Waals surface area (Å²) in [4.78, 5) is 7.75. The van der Waals surface area contributed by atoms with E-state index in [9.17, 15) is 5.11 Å². The zero-order valence-electron chi connectivity index (χ0n) is 9.87. The van der Waals surface area contributed by atoms with Crippen molar-refractivity contribution in [3.8, 4) is 0 Å². The Morgan fingerprint density at radius 2 is 1.88 bits per heavy atom. The Morgan fingerprint density at radius 1 is 1.31 bits per heavy atom. The number of nitrogens with one attached hydrogen (secondary N) is 1. The summed E-state index contributed by atoms with van der Waals surface area (Å²) in [6, 6.07) is 0. The highest BCUT2D eigenvalue weighted by atomic mass is 35.5. The van der Waals surface area contributed by atoms with Gasteiger partial charge in [-0.05, 0) is 27.7 Å². The Morgan fingerprint density at radius 3 is 2.38 bits per heavy atom. The topological polar surface area (TPSA) is 84.1 Å². The van der Waals surface area contributed by atoms with Gasteiger partial charge >= 0.3 is 0 Å². The first kappa shape index (κ1) is 13.0. The molecule has 0 spiro atoms. The second-order valence-corrected chi connectivity index (χ2v) is 5.09. The maximum Gasteiger partial charge on any atom is 0.157 e. The minimum atomic E-state index is -0.934. The molecule has 5 nitrogen and oxygen atoms in total. The van der Waals surface area contributed by atoms with Gasteiger partial charge in [0.1, 0.15) is 12.0 Å². The molecule has 0 saturated heterocycles. The fourth-order valence-electron chi connectivity index (χ4n) is 0.923. The average Bonchev–Trinajstić information content (AvgIpc) is 2.11. The molecule has 4 N–H and O–H groups in total. The van der Waals surface area contributed by atoms with Crippen LogP contribution >= 0.6 is 11.6 Å². The number of rotatable bonds is 3. The fraction of sp³-hybridized carbons (Fsp3) is 0.600. The van der Waals surface area contributed by atoms with Crippen LogP contribution in [0.3, 0.4) is 0 Å². The van der Waals surface area contributed by atoms with Crippen LogP contribution in [0.5, 0.6) is 0 Å². The summed E-state index contributed by atoms with van der Waals surface area (Å²) in [5, 5.41) is 13.2.